The van der Waals surface area contributed by atoms with E-state index in [9.17, 15) is 9.59 Å². The van der Waals surface area contributed by atoms with E-state index >= 15 is 0 Å². The highest BCUT2D eigenvalue weighted by Gasteiger charge is 2.22. The van der Waals surface area contributed by atoms with E-state index in [1.165, 1.54) is 0 Å². The molecule has 1 aromatic carbocycles. The summed E-state index contributed by atoms with van der Waals surface area (Å²) in [6.45, 7) is 3.21. The predicted molar refractivity (Wildman–Crippen MR) is 87.4 cm³/mol. The molecule has 3 amide bonds. The van der Waals surface area contributed by atoms with Gasteiger partial charge in [-0.15, -0.1) is 11.3 Å². The molecule has 0 bridgehead atoms. The molecule has 3 rings (SSSR count). The van der Waals surface area contributed by atoms with Gasteiger partial charge in [-0.3, -0.25) is 9.69 Å². The average molecular weight is 315 g/mol. The molecule has 0 radical (unpaired) electrons. The lowest BCUT2D eigenvalue weighted by Gasteiger charge is -2.16. The minimum Gasteiger partial charge on any atom is -0.345 e. The van der Waals surface area contributed by atoms with Crippen LogP contribution in [0.25, 0.3) is 0 Å². The van der Waals surface area contributed by atoms with Gasteiger partial charge < -0.3 is 10.6 Å². The molecule has 0 aliphatic carbocycles. The number of carbonyl (C=O) groups excluding carboxylic acids is 2. The van der Waals surface area contributed by atoms with Gasteiger partial charge in [-0.25, -0.2) is 4.79 Å². The van der Waals surface area contributed by atoms with Crippen LogP contribution in [0.15, 0.2) is 41.8 Å². The van der Waals surface area contributed by atoms with Crippen LogP contribution in [0, 0.1) is 0 Å². The number of thiophene rings is 1. The minimum atomic E-state index is -0.137. The van der Waals surface area contributed by atoms with Gasteiger partial charge in [0.2, 0.25) is 0 Å². The molecular weight excluding hydrogens is 298 g/mol. The second kappa shape index (κ2) is 6.19. The number of carbonyl (C=O) groups is 2. The molecule has 1 aliphatic rings. The molecule has 1 atom stereocenters. The van der Waals surface area contributed by atoms with Crippen LogP contribution in [-0.4, -0.2) is 25.0 Å². The second-order valence-corrected chi connectivity index (χ2v) is 6.12. The zero-order valence-corrected chi connectivity index (χ0v) is 13.0. The van der Waals surface area contributed by atoms with E-state index in [4.69, 9.17) is 0 Å². The third-order valence-electron chi connectivity index (χ3n) is 3.59. The largest absolute Gasteiger partial charge is 0.345 e. The quantitative estimate of drug-likeness (QED) is 0.911. The number of anilines is 1. The topological polar surface area (TPSA) is 61.4 Å². The van der Waals surface area contributed by atoms with E-state index in [0.717, 1.165) is 10.6 Å². The monoisotopic (exact) mass is 315 g/mol. The normalized spacial score (nSPS) is 15.5. The van der Waals surface area contributed by atoms with Gasteiger partial charge in [-0.05, 0) is 36.6 Å². The standard InChI is InChI=1S/C16H17N3O2S/c1-11(14-6-3-9-22-14)18-15(20)12-4-2-5-13(10-12)19-8-7-17-16(19)21/h2-6,9-11H,7-8H2,1H3,(H,17,21)(H,18,20)/t11-/m1/s1. The molecule has 1 aromatic heterocycles. The highest BCUT2D eigenvalue weighted by Crippen LogP contribution is 2.21. The summed E-state index contributed by atoms with van der Waals surface area (Å²) in [5, 5.41) is 7.73. The Bertz CT molecular complexity index is 684. The molecule has 1 fully saturated rings. The highest BCUT2D eigenvalue weighted by molar-refractivity contribution is 7.10. The Morgan fingerprint density at radius 2 is 2.23 bits per heavy atom. The molecule has 0 spiro atoms. The zero-order valence-electron chi connectivity index (χ0n) is 12.2. The first-order valence-corrected chi connectivity index (χ1v) is 8.03. The molecule has 114 valence electrons. The SMILES string of the molecule is C[C@@H](NC(=O)c1cccc(N2CCNC2=O)c1)c1cccs1. The van der Waals surface area contributed by atoms with Crippen LogP contribution in [-0.2, 0) is 0 Å². The van der Waals surface area contributed by atoms with Crippen LogP contribution in [0.3, 0.4) is 0 Å². The van der Waals surface area contributed by atoms with Crippen molar-refractivity contribution in [2.24, 2.45) is 0 Å². The van der Waals surface area contributed by atoms with Crippen LogP contribution in [0.1, 0.15) is 28.2 Å². The number of benzene rings is 1. The van der Waals surface area contributed by atoms with E-state index in [2.05, 4.69) is 10.6 Å². The van der Waals surface area contributed by atoms with Crippen molar-refractivity contribution in [1.29, 1.82) is 0 Å². The van der Waals surface area contributed by atoms with Crippen molar-refractivity contribution in [2.75, 3.05) is 18.0 Å². The fourth-order valence-electron chi connectivity index (χ4n) is 2.42. The second-order valence-electron chi connectivity index (χ2n) is 5.14. The lowest BCUT2D eigenvalue weighted by Crippen LogP contribution is -2.29. The lowest BCUT2D eigenvalue weighted by molar-refractivity contribution is 0.0940. The van der Waals surface area contributed by atoms with Gasteiger partial charge >= 0.3 is 6.03 Å². The maximum Gasteiger partial charge on any atom is 0.321 e. The van der Waals surface area contributed by atoms with E-state index in [-0.39, 0.29) is 18.0 Å². The molecule has 22 heavy (non-hydrogen) atoms. The van der Waals surface area contributed by atoms with Crippen molar-refractivity contribution in [1.82, 2.24) is 10.6 Å². The molecule has 0 saturated carbocycles. The van der Waals surface area contributed by atoms with E-state index in [1.807, 2.05) is 30.5 Å². The molecule has 2 heterocycles. The molecule has 1 saturated heterocycles. The highest BCUT2D eigenvalue weighted by atomic mass is 32.1. The van der Waals surface area contributed by atoms with Crippen LogP contribution >= 0.6 is 11.3 Å². The van der Waals surface area contributed by atoms with Crippen molar-refractivity contribution in [2.45, 2.75) is 13.0 Å². The summed E-state index contributed by atoms with van der Waals surface area (Å²) in [5.74, 6) is -0.137. The Labute approximate surface area is 132 Å². The number of amides is 3. The van der Waals surface area contributed by atoms with E-state index in [1.54, 1.807) is 34.4 Å². The van der Waals surface area contributed by atoms with Gasteiger partial charge in [0.05, 0.1) is 6.04 Å². The van der Waals surface area contributed by atoms with Crippen molar-refractivity contribution >= 4 is 29.0 Å². The summed E-state index contributed by atoms with van der Waals surface area (Å²) in [7, 11) is 0. The van der Waals surface area contributed by atoms with Crippen molar-refractivity contribution in [3.8, 4) is 0 Å². The summed E-state index contributed by atoms with van der Waals surface area (Å²) in [6, 6.07) is 11.0. The number of urea groups is 1. The molecular formula is C16H17N3O2S. The fourth-order valence-corrected chi connectivity index (χ4v) is 3.16. The number of hydrogen-bond acceptors (Lipinski definition) is 3. The zero-order chi connectivity index (χ0) is 15.5. The Morgan fingerprint density at radius 1 is 1.36 bits per heavy atom. The molecule has 2 aromatic rings. The summed E-state index contributed by atoms with van der Waals surface area (Å²) >= 11 is 1.62. The first kappa shape index (κ1) is 14.6. The maximum atomic E-state index is 12.4. The molecule has 5 nitrogen and oxygen atoms in total. The predicted octanol–water partition coefficient (Wildman–Crippen LogP) is 2.77. The molecule has 1 aliphatic heterocycles. The number of hydrogen-bond donors (Lipinski definition) is 2. The number of rotatable bonds is 4. The Balaban J connectivity index is 1.74. The van der Waals surface area contributed by atoms with Gasteiger partial charge in [-0.2, -0.15) is 0 Å². The Kier molecular flexibility index (Phi) is 4.11. The van der Waals surface area contributed by atoms with Crippen molar-refractivity contribution in [3.63, 3.8) is 0 Å². The van der Waals surface area contributed by atoms with E-state index < -0.39 is 0 Å². The summed E-state index contributed by atoms with van der Waals surface area (Å²) in [5.41, 5.74) is 1.30. The maximum absolute atomic E-state index is 12.4. The third-order valence-corrected chi connectivity index (χ3v) is 4.65. The molecule has 6 heteroatoms. The van der Waals surface area contributed by atoms with Crippen LogP contribution in [0.2, 0.25) is 0 Å². The van der Waals surface area contributed by atoms with E-state index in [0.29, 0.717) is 18.7 Å². The van der Waals surface area contributed by atoms with Gasteiger partial charge in [0.25, 0.3) is 5.91 Å². The summed E-state index contributed by atoms with van der Waals surface area (Å²) < 4.78 is 0. The van der Waals surface area contributed by atoms with Crippen LogP contribution < -0.4 is 15.5 Å². The van der Waals surface area contributed by atoms with Gasteiger partial charge in [-0.1, -0.05) is 12.1 Å². The Morgan fingerprint density at radius 3 is 2.91 bits per heavy atom. The minimum absolute atomic E-state index is 0.0359. The first-order chi connectivity index (χ1) is 10.6. The van der Waals surface area contributed by atoms with Crippen LogP contribution in [0.5, 0.6) is 0 Å². The first-order valence-electron chi connectivity index (χ1n) is 7.15. The van der Waals surface area contributed by atoms with Crippen LogP contribution in [0.4, 0.5) is 10.5 Å². The fraction of sp³-hybridized carbons (Fsp3) is 0.250. The lowest BCUT2D eigenvalue weighted by atomic mass is 10.1. The van der Waals surface area contributed by atoms with Crippen molar-refractivity contribution in [3.05, 3.63) is 52.2 Å². The van der Waals surface area contributed by atoms with Crippen molar-refractivity contribution < 1.29 is 9.59 Å². The summed E-state index contributed by atoms with van der Waals surface area (Å²) in [4.78, 5) is 26.8. The number of nitrogens with zero attached hydrogens (tertiary/aromatic N) is 1. The molecule has 2 N–H and O–H groups in total. The Hall–Kier alpha value is -2.34. The third kappa shape index (κ3) is 2.96. The smallest absolute Gasteiger partial charge is 0.321 e. The number of nitrogens with one attached hydrogen (secondary N) is 2. The summed E-state index contributed by atoms with van der Waals surface area (Å²) in [6.07, 6.45) is 0. The average Bonchev–Trinajstić information content (AvgIpc) is 3.18. The molecule has 0 unspecified atom stereocenters. The van der Waals surface area contributed by atoms with Gasteiger partial charge in [0, 0.05) is 29.2 Å². The van der Waals surface area contributed by atoms with Gasteiger partial charge in [0.1, 0.15) is 0 Å². The van der Waals surface area contributed by atoms with Gasteiger partial charge in [0.15, 0.2) is 0 Å².